The van der Waals surface area contributed by atoms with E-state index in [2.05, 4.69) is 0 Å². The summed E-state index contributed by atoms with van der Waals surface area (Å²) in [6.45, 7) is 5.14. The third-order valence-electron chi connectivity index (χ3n) is 5.08. The van der Waals surface area contributed by atoms with Crippen molar-refractivity contribution in [3.63, 3.8) is 0 Å². The van der Waals surface area contributed by atoms with Gasteiger partial charge in [-0.1, -0.05) is 18.2 Å². The van der Waals surface area contributed by atoms with Crippen LogP contribution in [0.25, 0.3) is 11.0 Å². The fourth-order valence-electron chi connectivity index (χ4n) is 3.44. The molecule has 0 saturated carbocycles. The van der Waals surface area contributed by atoms with Crippen molar-refractivity contribution in [2.24, 2.45) is 5.92 Å². The summed E-state index contributed by atoms with van der Waals surface area (Å²) in [5.74, 6) is 0.594. The lowest BCUT2D eigenvalue weighted by atomic mass is 9.96. The van der Waals surface area contributed by atoms with E-state index >= 15 is 0 Å². The molecule has 1 fully saturated rings. The largest absolute Gasteiger partial charge is 0.459 e. The number of carbonyl (C=O) groups excluding carboxylic acids is 2. The first-order chi connectivity index (χ1) is 12.5. The van der Waals surface area contributed by atoms with Crippen molar-refractivity contribution in [1.29, 1.82) is 0 Å². The molecule has 0 radical (unpaired) electrons. The Balaban J connectivity index is 1.69. The summed E-state index contributed by atoms with van der Waals surface area (Å²) in [7, 11) is 1.80. The van der Waals surface area contributed by atoms with Crippen LogP contribution in [0.4, 0.5) is 4.79 Å². The van der Waals surface area contributed by atoms with Crippen LogP contribution in [-0.2, 0) is 9.53 Å². The first-order valence-electron chi connectivity index (χ1n) is 9.18. The zero-order chi connectivity index (χ0) is 18.7. The summed E-state index contributed by atoms with van der Waals surface area (Å²) in [5, 5.41) is 1.03. The van der Waals surface area contributed by atoms with Crippen LogP contribution in [0.15, 0.2) is 34.7 Å². The zero-order valence-corrected chi connectivity index (χ0v) is 15.6. The Kier molecular flexibility index (Phi) is 5.49. The number of para-hydroxylation sites is 1. The molecule has 26 heavy (non-hydrogen) atoms. The number of nitrogens with zero attached hydrogens (tertiary/aromatic N) is 2. The maximum absolute atomic E-state index is 13.0. The minimum absolute atomic E-state index is 0.0342. The third kappa shape index (κ3) is 3.69. The van der Waals surface area contributed by atoms with Crippen molar-refractivity contribution >= 4 is 23.0 Å². The predicted molar refractivity (Wildman–Crippen MR) is 98.7 cm³/mol. The highest BCUT2D eigenvalue weighted by molar-refractivity contribution is 5.81. The van der Waals surface area contributed by atoms with Crippen molar-refractivity contribution in [2.45, 2.75) is 32.7 Å². The van der Waals surface area contributed by atoms with Crippen LogP contribution in [-0.4, -0.2) is 48.5 Å². The summed E-state index contributed by atoms with van der Waals surface area (Å²) in [5.41, 5.74) is 0.821. The van der Waals surface area contributed by atoms with Crippen LogP contribution in [0.3, 0.4) is 0 Å². The van der Waals surface area contributed by atoms with Gasteiger partial charge in [0.2, 0.25) is 5.91 Å². The quantitative estimate of drug-likeness (QED) is 0.833. The molecule has 2 unspecified atom stereocenters. The monoisotopic (exact) mass is 358 g/mol. The standard InChI is InChI=1S/C20H26N2O4/c1-4-25-20(24)22-11-7-9-16(13-22)19(23)21(3)14(2)18-12-15-8-5-6-10-17(15)26-18/h5-6,8,10,12,14,16H,4,7,9,11,13H2,1-3H3. The Morgan fingerprint density at radius 2 is 2.15 bits per heavy atom. The molecule has 2 heterocycles. The second-order valence-corrected chi connectivity index (χ2v) is 6.80. The second-order valence-electron chi connectivity index (χ2n) is 6.80. The fraction of sp³-hybridized carbons (Fsp3) is 0.500. The fourth-order valence-corrected chi connectivity index (χ4v) is 3.44. The highest BCUT2D eigenvalue weighted by Gasteiger charge is 2.33. The molecule has 1 aliphatic heterocycles. The van der Waals surface area contributed by atoms with Crippen LogP contribution in [0.5, 0.6) is 0 Å². The number of ether oxygens (including phenoxy) is 1. The molecule has 0 aliphatic carbocycles. The van der Waals surface area contributed by atoms with E-state index in [0.717, 1.165) is 29.6 Å². The van der Waals surface area contributed by atoms with Crippen LogP contribution in [0.1, 0.15) is 38.5 Å². The van der Waals surface area contributed by atoms with Gasteiger partial charge in [-0.3, -0.25) is 4.79 Å². The number of amides is 2. The van der Waals surface area contributed by atoms with Crippen molar-refractivity contribution in [1.82, 2.24) is 9.80 Å². The van der Waals surface area contributed by atoms with Crippen molar-refractivity contribution < 1.29 is 18.7 Å². The van der Waals surface area contributed by atoms with Crippen molar-refractivity contribution in [3.05, 3.63) is 36.1 Å². The molecular formula is C20H26N2O4. The van der Waals surface area contributed by atoms with E-state index in [-0.39, 0.29) is 24.0 Å². The van der Waals surface area contributed by atoms with Gasteiger partial charge in [-0.05, 0) is 38.8 Å². The summed E-state index contributed by atoms with van der Waals surface area (Å²) in [6.07, 6.45) is 1.26. The Morgan fingerprint density at radius 3 is 2.88 bits per heavy atom. The van der Waals surface area contributed by atoms with Gasteiger partial charge in [0, 0.05) is 25.5 Å². The van der Waals surface area contributed by atoms with E-state index < -0.39 is 0 Å². The number of carbonyl (C=O) groups is 2. The molecule has 140 valence electrons. The van der Waals surface area contributed by atoms with Crippen LogP contribution in [0.2, 0.25) is 0 Å². The van der Waals surface area contributed by atoms with E-state index in [1.807, 2.05) is 37.3 Å². The molecule has 0 N–H and O–H groups in total. The highest BCUT2D eigenvalue weighted by Crippen LogP contribution is 2.29. The Bertz CT molecular complexity index is 752. The lowest BCUT2D eigenvalue weighted by Crippen LogP contribution is -2.46. The highest BCUT2D eigenvalue weighted by atomic mass is 16.6. The average molecular weight is 358 g/mol. The van der Waals surface area contributed by atoms with Gasteiger partial charge in [0.05, 0.1) is 18.6 Å². The number of likely N-dealkylation sites (tertiary alicyclic amines) is 1. The van der Waals surface area contributed by atoms with Gasteiger partial charge in [0.15, 0.2) is 0 Å². The van der Waals surface area contributed by atoms with E-state index in [4.69, 9.17) is 9.15 Å². The minimum atomic E-state index is -0.335. The van der Waals surface area contributed by atoms with Gasteiger partial charge in [-0.15, -0.1) is 0 Å². The maximum atomic E-state index is 13.0. The topological polar surface area (TPSA) is 63.0 Å². The van der Waals surface area contributed by atoms with Gasteiger partial charge >= 0.3 is 6.09 Å². The molecule has 1 aromatic heterocycles. The number of hydrogen-bond acceptors (Lipinski definition) is 4. The second kappa shape index (κ2) is 7.81. The molecular weight excluding hydrogens is 332 g/mol. The van der Waals surface area contributed by atoms with Gasteiger partial charge < -0.3 is 19.0 Å². The SMILES string of the molecule is CCOC(=O)N1CCCC(C(=O)N(C)C(C)c2cc3ccccc3o2)C1. The average Bonchev–Trinajstić information content (AvgIpc) is 3.10. The number of fused-ring (bicyclic) bond motifs is 1. The van der Waals surface area contributed by atoms with E-state index in [1.54, 1.807) is 23.8 Å². The first-order valence-corrected chi connectivity index (χ1v) is 9.18. The van der Waals surface area contributed by atoms with Crippen LogP contribution < -0.4 is 0 Å². The zero-order valence-electron chi connectivity index (χ0n) is 15.6. The molecule has 1 saturated heterocycles. The minimum Gasteiger partial charge on any atom is -0.459 e. The van der Waals surface area contributed by atoms with E-state index in [1.165, 1.54) is 0 Å². The number of rotatable bonds is 4. The smallest absolute Gasteiger partial charge is 0.409 e. The molecule has 1 aliphatic rings. The molecule has 6 heteroatoms. The predicted octanol–water partition coefficient (Wildman–Crippen LogP) is 3.82. The molecule has 2 aromatic rings. The lowest BCUT2D eigenvalue weighted by Gasteiger charge is -2.34. The van der Waals surface area contributed by atoms with Gasteiger partial charge in [-0.2, -0.15) is 0 Å². The summed E-state index contributed by atoms with van der Waals surface area (Å²) >= 11 is 0. The van der Waals surface area contributed by atoms with Gasteiger partial charge in [0.1, 0.15) is 11.3 Å². The molecule has 2 amide bonds. The van der Waals surface area contributed by atoms with Crippen molar-refractivity contribution in [3.8, 4) is 0 Å². The first kappa shape index (κ1) is 18.3. The Labute approximate surface area is 153 Å². The van der Waals surface area contributed by atoms with Crippen LogP contribution in [0, 0.1) is 5.92 Å². The molecule has 6 nitrogen and oxygen atoms in total. The number of furan rings is 1. The molecule has 0 bridgehead atoms. The molecule has 0 spiro atoms. The number of piperidine rings is 1. The summed E-state index contributed by atoms with van der Waals surface area (Å²) in [6, 6.07) is 9.62. The molecule has 1 aromatic carbocycles. The van der Waals surface area contributed by atoms with Crippen molar-refractivity contribution in [2.75, 3.05) is 26.7 Å². The lowest BCUT2D eigenvalue weighted by molar-refractivity contribution is -0.138. The number of benzene rings is 1. The molecule has 3 rings (SSSR count). The van der Waals surface area contributed by atoms with Gasteiger partial charge in [-0.25, -0.2) is 4.79 Å². The van der Waals surface area contributed by atoms with Gasteiger partial charge in [0.25, 0.3) is 0 Å². The molecule has 2 atom stereocenters. The Hall–Kier alpha value is -2.50. The third-order valence-corrected chi connectivity index (χ3v) is 5.08. The normalized spacial score (nSPS) is 18.6. The van der Waals surface area contributed by atoms with Crippen LogP contribution >= 0.6 is 0 Å². The summed E-state index contributed by atoms with van der Waals surface area (Å²) < 4.78 is 11.0. The Morgan fingerprint density at radius 1 is 1.38 bits per heavy atom. The summed E-state index contributed by atoms with van der Waals surface area (Å²) in [4.78, 5) is 28.3. The number of hydrogen-bond donors (Lipinski definition) is 0. The maximum Gasteiger partial charge on any atom is 0.409 e. The van der Waals surface area contributed by atoms with E-state index in [0.29, 0.717) is 19.7 Å². The van der Waals surface area contributed by atoms with E-state index in [9.17, 15) is 9.59 Å².